The van der Waals surface area contributed by atoms with Crippen LogP contribution in [0.25, 0.3) is 0 Å². The van der Waals surface area contributed by atoms with E-state index in [1.54, 1.807) is 12.1 Å². The van der Waals surface area contributed by atoms with E-state index in [-0.39, 0.29) is 48.9 Å². The van der Waals surface area contributed by atoms with Crippen LogP contribution in [-0.4, -0.2) is 77.6 Å². The number of nitrogens with one attached hydrogen (secondary N) is 1. The van der Waals surface area contributed by atoms with Crippen molar-refractivity contribution in [3.63, 3.8) is 0 Å². The van der Waals surface area contributed by atoms with Gasteiger partial charge in [-0.05, 0) is 84.1 Å². The van der Waals surface area contributed by atoms with E-state index in [2.05, 4.69) is 79.2 Å². The summed E-state index contributed by atoms with van der Waals surface area (Å²) in [5, 5.41) is 37.5. The maximum absolute atomic E-state index is 12.7. The van der Waals surface area contributed by atoms with Gasteiger partial charge in [-0.1, -0.05) is 21.1 Å². The molecule has 2 aliphatic heterocycles. The van der Waals surface area contributed by atoms with Gasteiger partial charge in [0.1, 0.15) is 23.5 Å². The van der Waals surface area contributed by atoms with Crippen LogP contribution in [0.1, 0.15) is 24.5 Å². The van der Waals surface area contributed by atoms with E-state index in [4.69, 9.17) is 19.0 Å². The first kappa shape index (κ1) is 33.4. The second kappa shape index (κ2) is 14.5. The Labute approximate surface area is 279 Å². The van der Waals surface area contributed by atoms with Crippen LogP contribution in [0.15, 0.2) is 75.7 Å². The average Bonchev–Trinajstić information content (AvgIpc) is 3.41. The van der Waals surface area contributed by atoms with Crippen molar-refractivity contribution in [3.8, 4) is 5.75 Å². The number of methoxy groups -OCH3 is 1. The molecule has 230 valence electrons. The standard InChI is InChI=1S/C27H25Br4N3O9/c1-40-23-17(30)9-27(42-12-18(23)31)25(38)22(34-43-27)26(39)33-5-2-6-41-24-15(28)7-13(8-16(24)29)21(37)11-32-10-14-19(35)3-4-20(14)36/h3-4,7-8,10,12,21,25,35,37-38H,2,5-6,9,11H2,1H3,(H,33,39)/t21?,25-,27+/m0/s1. The van der Waals surface area contributed by atoms with Gasteiger partial charge >= 0.3 is 5.79 Å². The maximum Gasteiger partial charge on any atom is 0.311 e. The summed E-state index contributed by atoms with van der Waals surface area (Å²) in [5.74, 6) is -1.81. The first-order valence-electron chi connectivity index (χ1n) is 12.6. The molecule has 0 saturated carbocycles. The summed E-state index contributed by atoms with van der Waals surface area (Å²) < 4.78 is 19.0. The molecule has 2 heterocycles. The summed E-state index contributed by atoms with van der Waals surface area (Å²) >= 11 is 13.6. The minimum Gasteiger partial charge on any atom is -0.507 e. The van der Waals surface area contributed by atoms with Gasteiger partial charge in [-0.2, -0.15) is 0 Å². The fourth-order valence-electron chi connectivity index (χ4n) is 4.08. The minimum atomic E-state index is -1.63. The Balaban J connectivity index is 1.24. The van der Waals surface area contributed by atoms with Gasteiger partial charge in [-0.25, -0.2) is 0 Å². The van der Waals surface area contributed by atoms with Gasteiger partial charge in [0.2, 0.25) is 0 Å². The molecule has 43 heavy (non-hydrogen) atoms. The number of ether oxygens (including phenoxy) is 3. The average molecular weight is 855 g/mol. The summed E-state index contributed by atoms with van der Waals surface area (Å²) in [6.45, 7) is 0.423. The SMILES string of the molecule is COC1=C(Br)C[C@@]2(OC=C1Br)ON=C(C(=O)NCCCOc1c(Br)cc(C(O)CN=CC3=C(O)C=CC3=O)cc1Br)[C@@H]2O. The van der Waals surface area contributed by atoms with Crippen molar-refractivity contribution in [2.45, 2.75) is 30.8 Å². The fraction of sp³-hybridized carbons (Fsp3) is 0.333. The van der Waals surface area contributed by atoms with Crippen LogP contribution in [0.3, 0.4) is 0 Å². The third kappa shape index (κ3) is 7.60. The van der Waals surface area contributed by atoms with Crippen molar-refractivity contribution in [3.05, 3.63) is 71.1 Å². The molecule has 12 nitrogen and oxygen atoms in total. The van der Waals surface area contributed by atoms with Gasteiger partial charge in [0.25, 0.3) is 5.91 Å². The van der Waals surface area contributed by atoms with Crippen LogP contribution < -0.4 is 10.1 Å². The van der Waals surface area contributed by atoms with E-state index >= 15 is 0 Å². The molecule has 1 unspecified atom stereocenters. The normalized spacial score (nSPS) is 22.4. The predicted molar refractivity (Wildman–Crippen MR) is 170 cm³/mol. The van der Waals surface area contributed by atoms with E-state index in [9.17, 15) is 24.9 Å². The Morgan fingerprint density at radius 2 is 2.00 bits per heavy atom. The number of halogens is 4. The zero-order valence-electron chi connectivity index (χ0n) is 22.4. The first-order valence-corrected chi connectivity index (χ1v) is 15.8. The highest BCUT2D eigenvalue weighted by molar-refractivity contribution is 9.12. The largest absolute Gasteiger partial charge is 0.507 e. The number of carbonyl (C=O) groups excluding carboxylic acids is 2. The summed E-state index contributed by atoms with van der Waals surface area (Å²) in [7, 11) is 1.48. The van der Waals surface area contributed by atoms with Crippen molar-refractivity contribution < 1.29 is 44.0 Å². The van der Waals surface area contributed by atoms with Gasteiger partial charge in [0.05, 0.1) is 51.8 Å². The first-order chi connectivity index (χ1) is 20.5. The lowest BCUT2D eigenvalue weighted by atomic mass is 10.0. The molecule has 3 aliphatic rings. The smallest absolute Gasteiger partial charge is 0.311 e. The molecular formula is C27H25Br4N3O9. The number of oxime groups is 1. The van der Waals surface area contributed by atoms with Crippen LogP contribution in [0.4, 0.5) is 0 Å². The van der Waals surface area contributed by atoms with E-state index in [1.807, 2.05) is 0 Å². The highest BCUT2D eigenvalue weighted by Gasteiger charge is 2.54. The Hall–Kier alpha value is -2.50. The maximum atomic E-state index is 12.7. The minimum absolute atomic E-state index is 0.0302. The van der Waals surface area contributed by atoms with E-state index in [0.29, 0.717) is 41.4 Å². The van der Waals surface area contributed by atoms with E-state index in [0.717, 1.165) is 0 Å². The molecule has 0 fully saturated rings. The zero-order valence-corrected chi connectivity index (χ0v) is 28.7. The number of hydrogen-bond donors (Lipinski definition) is 4. The van der Waals surface area contributed by atoms with Crippen molar-refractivity contribution >= 4 is 87.3 Å². The highest BCUT2D eigenvalue weighted by atomic mass is 79.9. The number of carbonyl (C=O) groups is 2. The molecule has 1 aromatic rings. The lowest BCUT2D eigenvalue weighted by molar-refractivity contribution is -0.225. The molecule has 1 aromatic carbocycles. The number of aliphatic imine (C=N–C) groups is 1. The van der Waals surface area contributed by atoms with Crippen molar-refractivity contribution in [2.75, 3.05) is 26.8 Å². The Bertz CT molecular complexity index is 1460. The lowest BCUT2D eigenvalue weighted by Gasteiger charge is -2.27. The van der Waals surface area contributed by atoms with Crippen LogP contribution in [0, 0.1) is 0 Å². The second-order valence-corrected chi connectivity index (χ2v) is 12.8. The quantitative estimate of drug-likeness (QED) is 0.185. The number of rotatable bonds is 11. The summed E-state index contributed by atoms with van der Waals surface area (Å²) in [6, 6.07) is 3.37. The van der Waals surface area contributed by atoms with Gasteiger partial charge in [-0.15, -0.1) is 0 Å². The summed E-state index contributed by atoms with van der Waals surface area (Å²) in [4.78, 5) is 33.8. The topological polar surface area (TPSA) is 168 Å². The molecule has 4 N–H and O–H groups in total. The Morgan fingerprint density at radius 3 is 2.65 bits per heavy atom. The van der Waals surface area contributed by atoms with E-state index < -0.39 is 23.9 Å². The Morgan fingerprint density at radius 1 is 1.28 bits per heavy atom. The summed E-state index contributed by atoms with van der Waals surface area (Å²) in [6.07, 6.45) is 3.09. The van der Waals surface area contributed by atoms with Crippen molar-refractivity contribution in [1.82, 2.24) is 5.32 Å². The molecule has 1 spiro atoms. The van der Waals surface area contributed by atoms with Gasteiger partial charge < -0.3 is 39.7 Å². The van der Waals surface area contributed by atoms with Crippen LogP contribution in [0.2, 0.25) is 0 Å². The van der Waals surface area contributed by atoms with E-state index in [1.165, 1.54) is 31.7 Å². The molecule has 3 atom stereocenters. The number of aliphatic hydroxyl groups is 3. The van der Waals surface area contributed by atoms with Crippen molar-refractivity contribution in [2.24, 2.45) is 10.1 Å². The summed E-state index contributed by atoms with van der Waals surface area (Å²) in [5.41, 5.74) is 0.392. The molecule has 0 aromatic heterocycles. The molecule has 0 radical (unpaired) electrons. The number of ketones is 1. The molecule has 4 rings (SSSR count). The number of aliphatic hydroxyl groups excluding tert-OH is 3. The number of hydrogen-bond acceptors (Lipinski definition) is 11. The third-order valence-electron chi connectivity index (χ3n) is 6.33. The van der Waals surface area contributed by atoms with Gasteiger partial charge in [-0.3, -0.25) is 14.6 Å². The number of benzene rings is 1. The predicted octanol–water partition coefficient (Wildman–Crippen LogP) is 4.50. The molecule has 0 bridgehead atoms. The number of allylic oxidation sites excluding steroid dienone is 4. The lowest BCUT2D eigenvalue weighted by Crippen LogP contribution is -2.49. The fourth-order valence-corrected chi connectivity index (χ4v) is 7.06. The van der Waals surface area contributed by atoms with Crippen molar-refractivity contribution in [1.29, 1.82) is 0 Å². The Kier molecular flexibility index (Phi) is 11.3. The van der Waals surface area contributed by atoms with Crippen LogP contribution in [0.5, 0.6) is 5.75 Å². The highest BCUT2D eigenvalue weighted by Crippen LogP contribution is 2.41. The van der Waals surface area contributed by atoms with Crippen LogP contribution >= 0.6 is 63.7 Å². The molecular weight excluding hydrogens is 830 g/mol. The molecule has 1 amide bonds. The molecule has 16 heteroatoms. The third-order valence-corrected chi connectivity index (χ3v) is 8.69. The van der Waals surface area contributed by atoms with Crippen LogP contribution in [-0.2, 0) is 23.9 Å². The molecule has 1 aliphatic carbocycles. The molecule has 0 saturated heterocycles. The zero-order chi connectivity index (χ0) is 31.3. The second-order valence-electron chi connectivity index (χ2n) is 9.26. The van der Waals surface area contributed by atoms with Gasteiger partial charge in [0.15, 0.2) is 17.6 Å². The number of nitrogens with zero attached hydrogens (tertiary/aromatic N) is 2. The van der Waals surface area contributed by atoms with Gasteiger partial charge in [0, 0.05) is 17.2 Å². The number of amides is 1. The monoisotopic (exact) mass is 851 g/mol.